The molecule has 1 aromatic carbocycles. The Kier molecular flexibility index (Phi) is 3.83. The molecule has 0 bridgehead atoms. The molecule has 0 aliphatic carbocycles. The van der Waals surface area contributed by atoms with Crippen molar-refractivity contribution in [1.82, 2.24) is 9.55 Å². The molecule has 3 N–H and O–H groups in total. The van der Waals surface area contributed by atoms with Crippen LogP contribution >= 0.6 is 27.5 Å². The molecule has 4 nitrogen and oxygen atoms in total. The number of nitrogens with two attached hydrogens (primary N) is 1. The average molecular weight is 317 g/mol. The first-order valence-electron chi connectivity index (χ1n) is 4.97. The number of aliphatic hydroxyl groups is 1. The van der Waals surface area contributed by atoms with Crippen molar-refractivity contribution < 1.29 is 5.11 Å². The van der Waals surface area contributed by atoms with Gasteiger partial charge in [0, 0.05) is 4.47 Å². The zero-order valence-corrected chi connectivity index (χ0v) is 11.2. The fourth-order valence-corrected chi connectivity index (χ4v) is 2.32. The van der Waals surface area contributed by atoms with Gasteiger partial charge in [0.1, 0.15) is 0 Å². The highest BCUT2D eigenvalue weighted by atomic mass is 79.9. The van der Waals surface area contributed by atoms with Crippen LogP contribution in [0.1, 0.15) is 11.7 Å². The molecule has 0 fully saturated rings. The van der Waals surface area contributed by atoms with E-state index in [1.165, 1.54) is 0 Å². The van der Waals surface area contributed by atoms with E-state index in [9.17, 15) is 0 Å². The van der Waals surface area contributed by atoms with Crippen molar-refractivity contribution in [2.75, 3.05) is 6.61 Å². The van der Waals surface area contributed by atoms with Gasteiger partial charge in [-0.15, -0.1) is 0 Å². The van der Waals surface area contributed by atoms with Crippen LogP contribution in [0.2, 0.25) is 5.02 Å². The largest absolute Gasteiger partial charge is 0.394 e. The first kappa shape index (κ1) is 12.6. The molecule has 17 heavy (non-hydrogen) atoms. The number of aliphatic hydroxyl groups excluding tert-OH is 1. The second-order valence-electron chi connectivity index (χ2n) is 3.57. The molecule has 0 saturated heterocycles. The normalized spacial score (nSPS) is 12.7. The first-order valence-corrected chi connectivity index (χ1v) is 6.14. The quantitative estimate of drug-likeness (QED) is 0.913. The van der Waals surface area contributed by atoms with E-state index in [4.69, 9.17) is 22.4 Å². The lowest BCUT2D eigenvalue weighted by molar-refractivity contribution is 0.265. The first-order chi connectivity index (χ1) is 8.13. The molecule has 1 unspecified atom stereocenters. The molecule has 6 heteroatoms. The van der Waals surface area contributed by atoms with E-state index in [1.54, 1.807) is 23.2 Å². The molecule has 0 amide bonds. The summed E-state index contributed by atoms with van der Waals surface area (Å²) in [4.78, 5) is 4.03. The van der Waals surface area contributed by atoms with Crippen LogP contribution in [0.4, 0.5) is 0 Å². The summed E-state index contributed by atoms with van der Waals surface area (Å²) in [5, 5.41) is 9.67. The summed E-state index contributed by atoms with van der Waals surface area (Å²) < 4.78 is 2.68. The van der Waals surface area contributed by atoms with Crippen molar-refractivity contribution in [1.29, 1.82) is 0 Å². The molecule has 2 aromatic rings. The minimum absolute atomic E-state index is 0.139. The second-order valence-corrected chi connectivity index (χ2v) is 4.90. The van der Waals surface area contributed by atoms with Gasteiger partial charge in [0.25, 0.3) is 0 Å². The number of benzene rings is 1. The summed E-state index contributed by atoms with van der Waals surface area (Å²) in [7, 11) is 0. The summed E-state index contributed by atoms with van der Waals surface area (Å²) in [6.07, 6.45) is 3.25. The maximum atomic E-state index is 9.08. The van der Waals surface area contributed by atoms with E-state index >= 15 is 0 Å². The maximum Gasteiger partial charge on any atom is 0.0995 e. The van der Waals surface area contributed by atoms with Crippen LogP contribution in [0, 0.1) is 0 Å². The van der Waals surface area contributed by atoms with Crippen LogP contribution in [0.3, 0.4) is 0 Å². The van der Waals surface area contributed by atoms with Gasteiger partial charge in [0.15, 0.2) is 0 Å². The molecule has 1 heterocycles. The van der Waals surface area contributed by atoms with E-state index in [0.717, 1.165) is 15.9 Å². The molecule has 0 saturated carbocycles. The van der Waals surface area contributed by atoms with Gasteiger partial charge in [-0.25, -0.2) is 4.98 Å². The summed E-state index contributed by atoms with van der Waals surface area (Å²) in [6, 6.07) is 5.07. The Morgan fingerprint density at radius 3 is 2.94 bits per heavy atom. The van der Waals surface area contributed by atoms with Gasteiger partial charge in [-0.3, -0.25) is 0 Å². The molecule has 0 radical (unpaired) electrons. The fourth-order valence-electron chi connectivity index (χ4n) is 1.55. The van der Waals surface area contributed by atoms with Crippen LogP contribution in [-0.4, -0.2) is 21.3 Å². The molecule has 90 valence electrons. The monoisotopic (exact) mass is 315 g/mol. The van der Waals surface area contributed by atoms with Gasteiger partial charge in [0.2, 0.25) is 0 Å². The predicted molar refractivity (Wildman–Crippen MR) is 70.3 cm³/mol. The van der Waals surface area contributed by atoms with Crippen LogP contribution in [0.5, 0.6) is 0 Å². The van der Waals surface area contributed by atoms with Crippen molar-refractivity contribution >= 4 is 27.5 Å². The summed E-state index contributed by atoms with van der Waals surface area (Å²) in [5.74, 6) is 0. The summed E-state index contributed by atoms with van der Waals surface area (Å²) in [6.45, 7) is -0.139. The molecular formula is C11H11BrClN3O. The van der Waals surface area contributed by atoms with E-state index in [1.807, 2.05) is 12.1 Å². The van der Waals surface area contributed by atoms with Crippen molar-refractivity contribution in [3.63, 3.8) is 0 Å². The average Bonchev–Trinajstić information content (AvgIpc) is 2.77. The number of aromatic nitrogens is 2. The predicted octanol–water partition coefficient (Wildman–Crippen LogP) is 2.28. The van der Waals surface area contributed by atoms with Crippen LogP contribution in [0.15, 0.2) is 35.2 Å². The SMILES string of the molecule is NC(CO)c1cncn1-c1ccc(Br)cc1Cl. The van der Waals surface area contributed by atoms with Crippen molar-refractivity contribution in [2.45, 2.75) is 6.04 Å². The number of nitrogens with zero attached hydrogens (tertiary/aromatic N) is 2. The number of rotatable bonds is 3. The zero-order valence-electron chi connectivity index (χ0n) is 8.85. The Bertz CT molecular complexity index is 529. The number of hydrogen-bond donors (Lipinski definition) is 2. The maximum absolute atomic E-state index is 9.08. The molecule has 0 aliphatic heterocycles. The topological polar surface area (TPSA) is 64.1 Å². The highest BCUT2D eigenvalue weighted by Gasteiger charge is 2.13. The van der Waals surface area contributed by atoms with E-state index < -0.39 is 6.04 Å². The molecule has 2 rings (SSSR count). The highest BCUT2D eigenvalue weighted by Crippen LogP contribution is 2.26. The van der Waals surface area contributed by atoms with Crippen LogP contribution < -0.4 is 5.73 Å². The van der Waals surface area contributed by atoms with Crippen LogP contribution in [0.25, 0.3) is 5.69 Å². The molecule has 1 aromatic heterocycles. The third-order valence-corrected chi connectivity index (χ3v) is 3.21. The third-order valence-electron chi connectivity index (χ3n) is 2.41. The number of hydrogen-bond acceptors (Lipinski definition) is 3. The zero-order chi connectivity index (χ0) is 12.4. The third kappa shape index (κ3) is 2.52. The van der Waals surface area contributed by atoms with Gasteiger partial charge >= 0.3 is 0 Å². The lowest BCUT2D eigenvalue weighted by Gasteiger charge is -2.13. The Labute approximate surface area is 112 Å². The fraction of sp³-hybridized carbons (Fsp3) is 0.182. The molecular weight excluding hydrogens is 305 g/mol. The van der Waals surface area contributed by atoms with Gasteiger partial charge in [-0.2, -0.15) is 0 Å². The van der Waals surface area contributed by atoms with E-state index in [0.29, 0.717) is 5.02 Å². The lowest BCUT2D eigenvalue weighted by atomic mass is 10.2. The molecule has 1 atom stereocenters. The highest BCUT2D eigenvalue weighted by molar-refractivity contribution is 9.10. The summed E-state index contributed by atoms with van der Waals surface area (Å²) in [5.41, 5.74) is 7.30. The Morgan fingerprint density at radius 2 is 2.29 bits per heavy atom. The smallest absolute Gasteiger partial charge is 0.0995 e. The van der Waals surface area contributed by atoms with E-state index in [-0.39, 0.29) is 6.61 Å². The number of halogens is 2. The van der Waals surface area contributed by atoms with E-state index in [2.05, 4.69) is 20.9 Å². The Balaban J connectivity index is 2.50. The Morgan fingerprint density at radius 1 is 1.53 bits per heavy atom. The van der Waals surface area contributed by atoms with Crippen molar-refractivity contribution in [2.24, 2.45) is 5.73 Å². The second kappa shape index (κ2) is 5.18. The number of imidazole rings is 1. The summed E-state index contributed by atoms with van der Waals surface area (Å²) >= 11 is 9.51. The van der Waals surface area contributed by atoms with Gasteiger partial charge < -0.3 is 15.4 Å². The Hall–Kier alpha value is -0.880. The minimum atomic E-state index is -0.475. The van der Waals surface area contributed by atoms with Crippen molar-refractivity contribution in [3.8, 4) is 5.69 Å². The van der Waals surface area contributed by atoms with Gasteiger partial charge in [0.05, 0.1) is 41.6 Å². The molecule has 0 aliphatic rings. The minimum Gasteiger partial charge on any atom is -0.394 e. The molecule has 0 spiro atoms. The standard InChI is InChI=1S/C11H11BrClN3O/c12-7-1-2-10(8(13)3-7)16-6-15-4-11(16)9(14)5-17/h1-4,6,9,17H,5,14H2. The van der Waals surface area contributed by atoms with Gasteiger partial charge in [-0.05, 0) is 18.2 Å². The lowest BCUT2D eigenvalue weighted by Crippen LogP contribution is -2.18. The van der Waals surface area contributed by atoms with Crippen LogP contribution in [-0.2, 0) is 0 Å². The van der Waals surface area contributed by atoms with Crippen molar-refractivity contribution in [3.05, 3.63) is 45.9 Å². The van der Waals surface area contributed by atoms with Gasteiger partial charge in [-0.1, -0.05) is 27.5 Å².